The zero-order valence-corrected chi connectivity index (χ0v) is 12.5. The molecule has 1 N–H and O–H groups in total. The van der Waals surface area contributed by atoms with Gasteiger partial charge in [0.2, 0.25) is 10.0 Å². The van der Waals surface area contributed by atoms with Gasteiger partial charge in [0.1, 0.15) is 0 Å². The third-order valence-corrected chi connectivity index (χ3v) is 5.99. The molecule has 2 aliphatic rings. The summed E-state index contributed by atoms with van der Waals surface area (Å²) >= 11 is 0. The molecule has 2 aliphatic heterocycles. The standard InChI is InChI=1S/C12H22F2N2O3S/c1-2-20(18,19)16-8-3-11(17,10-16)9-15-6-4-12(13,14)5-7-15/h17H,2-10H2,1H3/t11-/m0/s1. The van der Waals surface area contributed by atoms with E-state index in [9.17, 15) is 22.3 Å². The Hall–Kier alpha value is -0.310. The van der Waals surface area contributed by atoms with Crippen LogP contribution in [0.2, 0.25) is 0 Å². The summed E-state index contributed by atoms with van der Waals surface area (Å²) in [5.74, 6) is -2.59. The van der Waals surface area contributed by atoms with Gasteiger partial charge in [0, 0.05) is 45.6 Å². The molecule has 0 bridgehead atoms. The van der Waals surface area contributed by atoms with E-state index in [1.807, 2.05) is 0 Å². The Balaban J connectivity index is 1.91. The molecule has 0 radical (unpaired) electrons. The number of nitrogens with zero attached hydrogens (tertiary/aromatic N) is 2. The molecular formula is C12H22F2N2O3S. The Morgan fingerprint density at radius 1 is 1.15 bits per heavy atom. The molecule has 0 aliphatic carbocycles. The molecule has 0 aromatic heterocycles. The van der Waals surface area contributed by atoms with Crippen LogP contribution in [0.1, 0.15) is 26.2 Å². The third kappa shape index (κ3) is 3.66. The van der Waals surface area contributed by atoms with E-state index in [4.69, 9.17) is 0 Å². The quantitative estimate of drug-likeness (QED) is 0.821. The highest BCUT2D eigenvalue weighted by molar-refractivity contribution is 7.89. The summed E-state index contributed by atoms with van der Waals surface area (Å²) in [6, 6.07) is 0. The van der Waals surface area contributed by atoms with Crippen molar-refractivity contribution in [3.8, 4) is 0 Å². The fourth-order valence-corrected chi connectivity index (χ4v) is 3.99. The SMILES string of the molecule is CCS(=O)(=O)N1CC[C@](O)(CN2CCC(F)(F)CC2)C1. The van der Waals surface area contributed by atoms with E-state index in [0.717, 1.165) is 0 Å². The molecular weight excluding hydrogens is 290 g/mol. The molecule has 0 aromatic rings. The lowest BCUT2D eigenvalue weighted by Gasteiger charge is -2.36. The highest BCUT2D eigenvalue weighted by atomic mass is 32.2. The topological polar surface area (TPSA) is 60.9 Å². The Kier molecular flexibility index (Phi) is 4.40. The Labute approximate surface area is 118 Å². The first-order valence-electron chi connectivity index (χ1n) is 6.96. The Morgan fingerprint density at radius 2 is 1.75 bits per heavy atom. The van der Waals surface area contributed by atoms with Crippen LogP contribution in [0.15, 0.2) is 0 Å². The average Bonchev–Trinajstić information content (AvgIpc) is 2.75. The van der Waals surface area contributed by atoms with Crippen molar-refractivity contribution in [2.45, 2.75) is 37.7 Å². The normalized spacial score (nSPS) is 32.6. The molecule has 0 amide bonds. The van der Waals surface area contributed by atoms with Crippen molar-refractivity contribution in [1.29, 1.82) is 0 Å². The number of hydrogen-bond donors (Lipinski definition) is 1. The smallest absolute Gasteiger partial charge is 0.250 e. The lowest BCUT2D eigenvalue weighted by atomic mass is 10.00. The van der Waals surface area contributed by atoms with Gasteiger partial charge in [0.15, 0.2) is 0 Å². The summed E-state index contributed by atoms with van der Waals surface area (Å²) in [4.78, 5) is 1.81. The van der Waals surface area contributed by atoms with E-state index in [-0.39, 0.29) is 44.8 Å². The molecule has 8 heteroatoms. The van der Waals surface area contributed by atoms with Crippen molar-refractivity contribution in [3.63, 3.8) is 0 Å². The summed E-state index contributed by atoms with van der Waals surface area (Å²) in [5, 5.41) is 10.5. The Morgan fingerprint density at radius 3 is 2.30 bits per heavy atom. The van der Waals surface area contributed by atoms with Gasteiger partial charge >= 0.3 is 0 Å². The number of halogens is 2. The molecule has 20 heavy (non-hydrogen) atoms. The first kappa shape index (κ1) is 16.1. The van der Waals surface area contributed by atoms with Crippen molar-refractivity contribution >= 4 is 10.0 Å². The van der Waals surface area contributed by atoms with Gasteiger partial charge in [0.25, 0.3) is 5.92 Å². The average molecular weight is 312 g/mol. The van der Waals surface area contributed by atoms with Crippen LogP contribution in [0.3, 0.4) is 0 Å². The molecule has 118 valence electrons. The molecule has 5 nitrogen and oxygen atoms in total. The first-order chi connectivity index (χ1) is 9.16. The van der Waals surface area contributed by atoms with Gasteiger partial charge < -0.3 is 5.11 Å². The largest absolute Gasteiger partial charge is 0.387 e. The second kappa shape index (κ2) is 5.47. The maximum absolute atomic E-state index is 13.1. The fraction of sp³-hybridized carbons (Fsp3) is 1.00. The molecule has 0 spiro atoms. The maximum Gasteiger partial charge on any atom is 0.250 e. The van der Waals surface area contributed by atoms with Crippen molar-refractivity contribution in [2.24, 2.45) is 0 Å². The van der Waals surface area contributed by atoms with Crippen LogP contribution in [-0.4, -0.2) is 72.7 Å². The number of sulfonamides is 1. The fourth-order valence-electron chi connectivity index (χ4n) is 2.82. The number of likely N-dealkylation sites (tertiary alicyclic amines) is 1. The molecule has 0 unspecified atom stereocenters. The highest BCUT2D eigenvalue weighted by Gasteiger charge is 2.43. The van der Waals surface area contributed by atoms with Crippen molar-refractivity contribution in [1.82, 2.24) is 9.21 Å². The summed E-state index contributed by atoms with van der Waals surface area (Å²) in [6.45, 7) is 2.69. The number of β-amino-alcohol motifs (C(OH)–C–C–N with tert-alkyl or cyclic N) is 1. The van der Waals surface area contributed by atoms with Gasteiger partial charge in [-0.3, -0.25) is 4.90 Å². The number of hydrogen-bond acceptors (Lipinski definition) is 4. The van der Waals surface area contributed by atoms with E-state index in [0.29, 0.717) is 13.0 Å². The van der Waals surface area contributed by atoms with Gasteiger partial charge in [-0.25, -0.2) is 17.2 Å². The van der Waals surface area contributed by atoms with Gasteiger partial charge in [0.05, 0.1) is 11.4 Å². The molecule has 2 fully saturated rings. The van der Waals surface area contributed by atoms with E-state index < -0.39 is 21.5 Å². The summed E-state index contributed by atoms with van der Waals surface area (Å²) in [7, 11) is -3.29. The third-order valence-electron chi connectivity index (χ3n) is 4.16. The lowest BCUT2D eigenvalue weighted by molar-refractivity contribution is -0.0716. The van der Waals surface area contributed by atoms with E-state index in [2.05, 4.69) is 0 Å². The predicted molar refractivity (Wildman–Crippen MR) is 71.2 cm³/mol. The summed E-state index contributed by atoms with van der Waals surface area (Å²) in [5.41, 5.74) is -1.12. The predicted octanol–water partition coefficient (Wildman–Crippen LogP) is 0.504. The van der Waals surface area contributed by atoms with Gasteiger partial charge in [-0.1, -0.05) is 0 Å². The second-order valence-electron chi connectivity index (χ2n) is 5.84. The van der Waals surface area contributed by atoms with Crippen molar-refractivity contribution < 1.29 is 22.3 Å². The molecule has 0 saturated carbocycles. The molecule has 0 aromatic carbocycles. The van der Waals surface area contributed by atoms with Crippen LogP contribution in [0.25, 0.3) is 0 Å². The zero-order chi connectivity index (χ0) is 15.0. The van der Waals surface area contributed by atoms with Crippen LogP contribution in [-0.2, 0) is 10.0 Å². The summed E-state index contributed by atoms with van der Waals surface area (Å²) in [6.07, 6.45) is -0.0285. The Bertz CT molecular complexity index is 448. The van der Waals surface area contributed by atoms with E-state index in [1.54, 1.807) is 11.8 Å². The minimum absolute atomic E-state index is 0.0129. The van der Waals surface area contributed by atoms with Gasteiger partial charge in [-0.15, -0.1) is 0 Å². The maximum atomic E-state index is 13.1. The van der Waals surface area contributed by atoms with Crippen LogP contribution in [0.5, 0.6) is 0 Å². The highest BCUT2D eigenvalue weighted by Crippen LogP contribution is 2.30. The van der Waals surface area contributed by atoms with E-state index >= 15 is 0 Å². The first-order valence-corrected chi connectivity index (χ1v) is 8.57. The molecule has 1 atom stereocenters. The van der Waals surface area contributed by atoms with Crippen molar-refractivity contribution in [3.05, 3.63) is 0 Å². The van der Waals surface area contributed by atoms with Crippen molar-refractivity contribution in [2.75, 3.05) is 38.5 Å². The number of piperidine rings is 1. The van der Waals surface area contributed by atoms with Crippen LogP contribution in [0.4, 0.5) is 8.78 Å². The van der Waals surface area contributed by atoms with E-state index in [1.165, 1.54) is 4.31 Å². The number of alkyl halides is 2. The number of rotatable bonds is 4. The van der Waals surface area contributed by atoms with Crippen LogP contribution in [0, 0.1) is 0 Å². The van der Waals surface area contributed by atoms with Gasteiger partial charge in [-0.05, 0) is 13.3 Å². The van der Waals surface area contributed by atoms with Crippen LogP contribution < -0.4 is 0 Å². The number of aliphatic hydroxyl groups is 1. The molecule has 2 saturated heterocycles. The minimum atomic E-state index is -3.29. The minimum Gasteiger partial charge on any atom is -0.387 e. The monoisotopic (exact) mass is 312 g/mol. The van der Waals surface area contributed by atoms with Crippen LogP contribution >= 0.6 is 0 Å². The van der Waals surface area contributed by atoms with Gasteiger partial charge in [-0.2, -0.15) is 4.31 Å². The summed E-state index contributed by atoms with van der Waals surface area (Å²) < 4.78 is 51.0. The second-order valence-corrected chi connectivity index (χ2v) is 8.10. The zero-order valence-electron chi connectivity index (χ0n) is 11.7. The lowest BCUT2D eigenvalue weighted by Crippen LogP contribution is -2.49. The molecule has 2 heterocycles. The molecule has 2 rings (SSSR count).